The minimum Gasteiger partial charge on any atom is -0.487 e. The van der Waals surface area contributed by atoms with Gasteiger partial charge in [0.05, 0.1) is 6.20 Å². The average molecular weight is 288 g/mol. The maximum absolute atomic E-state index is 5.91. The predicted octanol–water partition coefficient (Wildman–Crippen LogP) is 2.51. The summed E-state index contributed by atoms with van der Waals surface area (Å²) in [5.74, 6) is 0.939. The van der Waals surface area contributed by atoms with Gasteiger partial charge >= 0.3 is 0 Å². The normalized spacial score (nSPS) is 11.1. The average Bonchev–Trinajstić information content (AvgIpc) is 2.81. The van der Waals surface area contributed by atoms with E-state index in [9.17, 15) is 0 Å². The molecular formula is C16H24N4O. The lowest BCUT2D eigenvalue weighted by Crippen LogP contribution is -2.21. The number of nitrogens with one attached hydrogen (secondary N) is 1. The van der Waals surface area contributed by atoms with Crippen LogP contribution in [0.2, 0.25) is 0 Å². The molecule has 0 aliphatic heterocycles. The molecule has 1 aromatic carbocycles. The van der Waals surface area contributed by atoms with E-state index in [0.29, 0.717) is 12.6 Å². The standard InChI is InChI=1S/C16H24N4O/c1-11(2)17-8-14-6-12(3)16(13(4)7-14)21-10-15-9-20(5)19-18-15/h6-7,9,11,17H,8,10H2,1-5H3. The Morgan fingerprint density at radius 1 is 1.24 bits per heavy atom. The van der Waals surface area contributed by atoms with Crippen LogP contribution in [-0.4, -0.2) is 21.0 Å². The third kappa shape index (κ3) is 4.29. The van der Waals surface area contributed by atoms with Crippen LogP contribution >= 0.6 is 0 Å². The first-order valence-corrected chi connectivity index (χ1v) is 7.27. The molecule has 0 aliphatic carbocycles. The number of hydrogen-bond donors (Lipinski definition) is 1. The molecule has 2 aromatic rings. The Morgan fingerprint density at radius 3 is 2.43 bits per heavy atom. The molecule has 0 unspecified atom stereocenters. The van der Waals surface area contributed by atoms with Crippen molar-refractivity contribution in [2.75, 3.05) is 0 Å². The van der Waals surface area contributed by atoms with Gasteiger partial charge in [-0.1, -0.05) is 31.2 Å². The zero-order chi connectivity index (χ0) is 15.4. The van der Waals surface area contributed by atoms with E-state index >= 15 is 0 Å². The molecule has 0 saturated heterocycles. The minimum absolute atomic E-state index is 0.444. The van der Waals surface area contributed by atoms with E-state index in [-0.39, 0.29) is 0 Å². The maximum atomic E-state index is 5.91. The van der Waals surface area contributed by atoms with Crippen LogP contribution in [0, 0.1) is 13.8 Å². The van der Waals surface area contributed by atoms with E-state index in [2.05, 4.69) is 55.5 Å². The van der Waals surface area contributed by atoms with Crippen molar-refractivity contribution in [2.24, 2.45) is 7.05 Å². The number of ether oxygens (including phenoxy) is 1. The summed E-state index contributed by atoms with van der Waals surface area (Å²) in [5, 5.41) is 11.4. The molecule has 114 valence electrons. The fourth-order valence-electron chi connectivity index (χ4n) is 2.30. The van der Waals surface area contributed by atoms with Crippen molar-refractivity contribution in [3.05, 3.63) is 40.7 Å². The summed E-state index contributed by atoms with van der Waals surface area (Å²) < 4.78 is 7.59. The van der Waals surface area contributed by atoms with Crippen molar-refractivity contribution in [1.82, 2.24) is 20.3 Å². The van der Waals surface area contributed by atoms with Crippen LogP contribution in [0.5, 0.6) is 5.75 Å². The van der Waals surface area contributed by atoms with E-state index in [1.165, 1.54) is 5.56 Å². The molecule has 0 atom stereocenters. The van der Waals surface area contributed by atoms with Crippen LogP contribution in [-0.2, 0) is 20.2 Å². The Labute approximate surface area is 126 Å². The first-order chi connectivity index (χ1) is 9.95. The molecule has 0 fully saturated rings. The monoisotopic (exact) mass is 288 g/mol. The van der Waals surface area contributed by atoms with Gasteiger partial charge < -0.3 is 10.1 Å². The first-order valence-electron chi connectivity index (χ1n) is 7.27. The maximum Gasteiger partial charge on any atom is 0.134 e. The van der Waals surface area contributed by atoms with E-state index in [1.807, 2.05) is 13.2 Å². The highest BCUT2D eigenvalue weighted by Gasteiger charge is 2.08. The number of benzene rings is 1. The second-order valence-electron chi connectivity index (χ2n) is 5.77. The lowest BCUT2D eigenvalue weighted by molar-refractivity contribution is 0.297. The van der Waals surface area contributed by atoms with Gasteiger partial charge in [0.15, 0.2) is 0 Å². The molecule has 0 radical (unpaired) electrons. The van der Waals surface area contributed by atoms with Gasteiger partial charge in [-0.05, 0) is 30.5 Å². The highest BCUT2D eigenvalue weighted by atomic mass is 16.5. The van der Waals surface area contributed by atoms with Gasteiger partial charge in [-0.2, -0.15) is 0 Å². The van der Waals surface area contributed by atoms with Gasteiger partial charge in [-0.3, -0.25) is 4.68 Å². The molecule has 0 spiro atoms. The third-order valence-corrected chi connectivity index (χ3v) is 3.25. The molecule has 0 bridgehead atoms. The molecule has 21 heavy (non-hydrogen) atoms. The first kappa shape index (κ1) is 15.5. The van der Waals surface area contributed by atoms with Crippen molar-refractivity contribution >= 4 is 0 Å². The molecule has 1 heterocycles. The largest absolute Gasteiger partial charge is 0.487 e. The highest BCUT2D eigenvalue weighted by Crippen LogP contribution is 2.25. The Bertz CT molecular complexity index is 581. The summed E-state index contributed by atoms with van der Waals surface area (Å²) in [5.41, 5.74) is 4.42. The van der Waals surface area contributed by atoms with Crippen molar-refractivity contribution in [3.8, 4) is 5.75 Å². The Morgan fingerprint density at radius 2 is 1.90 bits per heavy atom. The van der Waals surface area contributed by atoms with Crippen LogP contribution in [0.1, 0.15) is 36.2 Å². The van der Waals surface area contributed by atoms with E-state index < -0.39 is 0 Å². The molecule has 1 aromatic heterocycles. The summed E-state index contributed by atoms with van der Waals surface area (Å²) in [6.07, 6.45) is 1.87. The smallest absolute Gasteiger partial charge is 0.134 e. The zero-order valence-corrected chi connectivity index (χ0v) is 13.5. The quantitative estimate of drug-likeness (QED) is 0.887. The van der Waals surface area contributed by atoms with Crippen LogP contribution in [0.3, 0.4) is 0 Å². The van der Waals surface area contributed by atoms with E-state index in [4.69, 9.17) is 4.74 Å². The Hall–Kier alpha value is -1.88. The lowest BCUT2D eigenvalue weighted by Gasteiger charge is -2.14. The number of rotatable bonds is 6. The summed E-state index contributed by atoms with van der Waals surface area (Å²) in [4.78, 5) is 0. The lowest BCUT2D eigenvalue weighted by atomic mass is 10.1. The fourth-order valence-corrected chi connectivity index (χ4v) is 2.30. The molecule has 2 rings (SSSR count). The van der Waals surface area contributed by atoms with Crippen LogP contribution < -0.4 is 10.1 Å². The van der Waals surface area contributed by atoms with Crippen LogP contribution in [0.25, 0.3) is 0 Å². The number of aromatic nitrogens is 3. The van der Waals surface area contributed by atoms with Gasteiger partial charge in [0.1, 0.15) is 18.1 Å². The second kappa shape index (κ2) is 6.72. The highest BCUT2D eigenvalue weighted by molar-refractivity contribution is 5.43. The predicted molar refractivity (Wildman–Crippen MR) is 83.2 cm³/mol. The van der Waals surface area contributed by atoms with Gasteiger partial charge in [0, 0.05) is 19.6 Å². The van der Waals surface area contributed by atoms with Crippen LogP contribution in [0.15, 0.2) is 18.3 Å². The fraction of sp³-hybridized carbons (Fsp3) is 0.500. The minimum atomic E-state index is 0.444. The molecule has 0 aliphatic rings. The van der Waals surface area contributed by atoms with Gasteiger partial charge in [0.25, 0.3) is 0 Å². The molecule has 5 heteroatoms. The van der Waals surface area contributed by atoms with E-state index in [1.54, 1.807) is 4.68 Å². The van der Waals surface area contributed by atoms with Crippen molar-refractivity contribution in [3.63, 3.8) is 0 Å². The summed E-state index contributed by atoms with van der Waals surface area (Å²) in [6.45, 7) is 9.79. The SMILES string of the molecule is Cc1cc(CNC(C)C)cc(C)c1OCc1cn(C)nn1. The van der Waals surface area contributed by atoms with Gasteiger partial charge in [-0.25, -0.2) is 0 Å². The molecule has 5 nitrogen and oxygen atoms in total. The zero-order valence-electron chi connectivity index (χ0n) is 13.5. The van der Waals surface area contributed by atoms with E-state index in [0.717, 1.165) is 29.1 Å². The van der Waals surface area contributed by atoms with Crippen LogP contribution in [0.4, 0.5) is 0 Å². The van der Waals surface area contributed by atoms with Crippen molar-refractivity contribution in [2.45, 2.75) is 46.9 Å². The molecular weight excluding hydrogens is 264 g/mol. The second-order valence-corrected chi connectivity index (χ2v) is 5.77. The summed E-state index contributed by atoms with van der Waals surface area (Å²) >= 11 is 0. The number of aryl methyl sites for hydroxylation is 3. The number of nitrogens with zero attached hydrogens (tertiary/aromatic N) is 3. The number of hydrogen-bond acceptors (Lipinski definition) is 4. The summed E-state index contributed by atoms with van der Waals surface area (Å²) in [7, 11) is 1.85. The Balaban J connectivity index is 2.06. The van der Waals surface area contributed by atoms with Crippen molar-refractivity contribution in [1.29, 1.82) is 0 Å². The van der Waals surface area contributed by atoms with Gasteiger partial charge in [0.2, 0.25) is 0 Å². The topological polar surface area (TPSA) is 52.0 Å². The third-order valence-electron chi connectivity index (χ3n) is 3.25. The molecule has 0 saturated carbocycles. The summed E-state index contributed by atoms with van der Waals surface area (Å²) in [6, 6.07) is 4.83. The van der Waals surface area contributed by atoms with Crippen molar-refractivity contribution < 1.29 is 4.74 Å². The Kier molecular flexibility index (Phi) is 4.96. The molecule has 0 amide bonds. The van der Waals surface area contributed by atoms with Gasteiger partial charge in [-0.15, -0.1) is 5.10 Å². The molecule has 1 N–H and O–H groups in total.